The first-order valence-corrected chi connectivity index (χ1v) is 14.6. The molecule has 0 spiro atoms. The largest absolute Gasteiger partial charge is 0.492 e. The molecule has 13 nitrogen and oxygen atoms in total. The van der Waals surface area contributed by atoms with Gasteiger partial charge in [0.1, 0.15) is 12.2 Å². The third-order valence-corrected chi connectivity index (χ3v) is 7.53. The summed E-state index contributed by atoms with van der Waals surface area (Å²) in [5.41, 5.74) is 11.7. The summed E-state index contributed by atoms with van der Waals surface area (Å²) in [5.74, 6) is -3.11. The Balaban J connectivity index is 2.71. The number of ketones is 2. The number of carbonyl (C=O) groups excluding carboxylic acids is 5. The molecule has 0 aromatic heterocycles. The van der Waals surface area contributed by atoms with Gasteiger partial charge in [0, 0.05) is 43.9 Å². The Bertz CT molecular complexity index is 1300. The number of primary amides is 1. The first-order chi connectivity index (χ1) is 21.3. The fourth-order valence-electron chi connectivity index (χ4n) is 5.28. The molecule has 2 amide bonds. The summed E-state index contributed by atoms with van der Waals surface area (Å²) < 4.78 is 28.0. The van der Waals surface area contributed by atoms with Crippen LogP contribution in [-0.2, 0) is 42.9 Å². The summed E-state index contributed by atoms with van der Waals surface area (Å²) >= 11 is 0. The van der Waals surface area contributed by atoms with Crippen LogP contribution in [0.3, 0.4) is 0 Å². The molecular formula is C32H45N3O10. The first kappa shape index (κ1) is 37.1. The van der Waals surface area contributed by atoms with Gasteiger partial charge in [-0.25, -0.2) is 4.79 Å². The smallest absolute Gasteiger partial charge is 0.405 e. The number of hydrogen-bond acceptors (Lipinski definition) is 11. The number of fused-ring (bicyclic) bond motifs is 2. The van der Waals surface area contributed by atoms with E-state index < -0.39 is 59.9 Å². The number of allylic oxidation sites excluding steroid dienone is 4. The van der Waals surface area contributed by atoms with Gasteiger partial charge in [-0.15, -0.1) is 0 Å². The molecule has 45 heavy (non-hydrogen) atoms. The average molecular weight is 632 g/mol. The molecule has 2 rings (SSSR count). The van der Waals surface area contributed by atoms with Crippen molar-refractivity contribution in [2.75, 3.05) is 27.9 Å². The summed E-state index contributed by atoms with van der Waals surface area (Å²) in [5, 5.41) is 2.53. The highest BCUT2D eigenvalue weighted by atomic mass is 16.6. The van der Waals surface area contributed by atoms with E-state index in [1.54, 1.807) is 19.1 Å². The minimum absolute atomic E-state index is 0.0175. The third kappa shape index (κ3) is 10.2. The van der Waals surface area contributed by atoms with Crippen molar-refractivity contribution in [3.05, 3.63) is 58.6 Å². The predicted molar refractivity (Wildman–Crippen MR) is 164 cm³/mol. The lowest BCUT2D eigenvalue weighted by Gasteiger charge is -2.32. The lowest BCUT2D eigenvalue weighted by Crippen LogP contribution is -2.40. The Morgan fingerprint density at radius 3 is 2.31 bits per heavy atom. The van der Waals surface area contributed by atoms with Crippen LogP contribution in [0.4, 0.5) is 4.79 Å². The number of carbonyl (C=O) groups is 5. The molecule has 2 aliphatic rings. The quantitative estimate of drug-likeness (QED) is 0.212. The van der Waals surface area contributed by atoms with Crippen LogP contribution in [0.2, 0.25) is 0 Å². The summed E-state index contributed by atoms with van der Waals surface area (Å²) in [6.45, 7) is 7.01. The van der Waals surface area contributed by atoms with Crippen molar-refractivity contribution in [3.63, 3.8) is 0 Å². The van der Waals surface area contributed by atoms with Crippen LogP contribution in [0.1, 0.15) is 47.0 Å². The standard InChI is InChI=1S/C32H45N3O10/c1-17-13-21-27(38)22(16-23(36)30(21)43-7)35-31(39)18(2)9-8-10-24(41-5)28(45-32(34)40)19(3)15-20(4)29(25(14-17)42-6)44-26(37)11-12-33/h8-10,15-17,20,24-25,28-29H,11-14,33H2,1-7H3,(H2,34,40)(H,35,39)/t17?,20-,24?,25?,28?,29+/m1/s1. The van der Waals surface area contributed by atoms with Crippen molar-refractivity contribution in [1.82, 2.24) is 5.32 Å². The Kier molecular flexibility index (Phi) is 14.4. The Labute approximate surface area is 263 Å². The number of amides is 2. The lowest BCUT2D eigenvalue weighted by atomic mass is 9.85. The van der Waals surface area contributed by atoms with Gasteiger partial charge in [0.2, 0.25) is 11.6 Å². The second-order valence-electron chi connectivity index (χ2n) is 11.1. The maximum absolute atomic E-state index is 13.5. The van der Waals surface area contributed by atoms with Crippen molar-refractivity contribution in [2.45, 2.75) is 71.4 Å². The van der Waals surface area contributed by atoms with Crippen molar-refractivity contribution in [2.24, 2.45) is 23.3 Å². The topological polar surface area (TPSA) is 196 Å². The van der Waals surface area contributed by atoms with E-state index >= 15 is 0 Å². The first-order valence-electron chi connectivity index (χ1n) is 14.6. The molecule has 0 aromatic carbocycles. The van der Waals surface area contributed by atoms with E-state index in [1.165, 1.54) is 40.4 Å². The van der Waals surface area contributed by atoms with Crippen LogP contribution in [-0.4, -0.2) is 81.8 Å². The van der Waals surface area contributed by atoms with Gasteiger partial charge in [-0.3, -0.25) is 19.2 Å². The second kappa shape index (κ2) is 17.4. The van der Waals surface area contributed by atoms with Crippen LogP contribution in [0.25, 0.3) is 0 Å². The fraction of sp³-hybridized carbons (Fsp3) is 0.531. The van der Waals surface area contributed by atoms with Gasteiger partial charge in [-0.2, -0.15) is 0 Å². The Morgan fingerprint density at radius 1 is 1.04 bits per heavy atom. The van der Waals surface area contributed by atoms with Gasteiger partial charge in [0.15, 0.2) is 11.9 Å². The van der Waals surface area contributed by atoms with E-state index in [0.29, 0.717) is 12.0 Å². The molecule has 0 radical (unpaired) electrons. The van der Waals surface area contributed by atoms with Crippen molar-refractivity contribution >= 4 is 29.5 Å². The normalized spacial score (nSPS) is 27.2. The molecule has 4 unspecified atom stereocenters. The van der Waals surface area contributed by atoms with Gasteiger partial charge in [0.25, 0.3) is 5.91 Å². The van der Waals surface area contributed by atoms with Gasteiger partial charge in [-0.1, -0.05) is 38.2 Å². The summed E-state index contributed by atoms with van der Waals surface area (Å²) in [6.07, 6.45) is 3.46. The van der Waals surface area contributed by atoms with Gasteiger partial charge in [0.05, 0.1) is 25.3 Å². The van der Waals surface area contributed by atoms with Crippen molar-refractivity contribution in [1.29, 1.82) is 0 Å². The monoisotopic (exact) mass is 631 g/mol. The zero-order chi connectivity index (χ0) is 33.8. The zero-order valence-electron chi connectivity index (χ0n) is 26.9. The van der Waals surface area contributed by atoms with E-state index in [1.807, 2.05) is 13.8 Å². The highest BCUT2D eigenvalue weighted by Crippen LogP contribution is 2.30. The summed E-state index contributed by atoms with van der Waals surface area (Å²) in [4.78, 5) is 63.9. The van der Waals surface area contributed by atoms with E-state index in [0.717, 1.165) is 6.08 Å². The van der Waals surface area contributed by atoms with Gasteiger partial charge in [-0.05, 0) is 38.2 Å². The highest BCUT2D eigenvalue weighted by Gasteiger charge is 2.35. The maximum Gasteiger partial charge on any atom is 0.405 e. The van der Waals surface area contributed by atoms with Crippen LogP contribution in [0.15, 0.2) is 58.6 Å². The van der Waals surface area contributed by atoms with E-state index in [4.69, 9.17) is 35.2 Å². The minimum atomic E-state index is -1.03. The molecule has 2 bridgehead atoms. The predicted octanol–water partition coefficient (Wildman–Crippen LogP) is 2.31. The van der Waals surface area contributed by atoms with Crippen LogP contribution >= 0.6 is 0 Å². The molecule has 1 aliphatic carbocycles. The molecule has 13 heteroatoms. The van der Waals surface area contributed by atoms with Gasteiger partial charge < -0.3 is 40.5 Å². The van der Waals surface area contributed by atoms with Crippen molar-refractivity contribution < 1.29 is 47.7 Å². The number of nitrogens with one attached hydrogen (secondary N) is 1. The number of hydrogen-bond donors (Lipinski definition) is 3. The molecule has 0 aromatic rings. The summed E-state index contributed by atoms with van der Waals surface area (Å²) in [6, 6.07) is 0. The SMILES string of the molecule is COC1=C2CC(C)CC(OC)[C@@H](OC(=O)CCN)[C@H](C)C=C(C)C(OC(N)=O)C(OC)C=CC=C(C)C(=O)NC(=CC1=O)C2=O. The van der Waals surface area contributed by atoms with E-state index in [-0.39, 0.29) is 47.9 Å². The maximum atomic E-state index is 13.5. The molecule has 248 valence electrons. The minimum Gasteiger partial charge on any atom is -0.492 e. The Morgan fingerprint density at radius 2 is 1.73 bits per heavy atom. The molecule has 5 N–H and O–H groups in total. The number of Topliss-reactive ketones (excluding diaryl/α,β-unsaturated/α-hetero) is 1. The van der Waals surface area contributed by atoms with Crippen LogP contribution in [0.5, 0.6) is 0 Å². The van der Waals surface area contributed by atoms with E-state index in [2.05, 4.69) is 5.32 Å². The number of esters is 1. The number of rotatable bonds is 7. The van der Waals surface area contributed by atoms with Crippen LogP contribution < -0.4 is 16.8 Å². The Hall–Kier alpha value is -4.07. The third-order valence-electron chi connectivity index (χ3n) is 7.53. The summed E-state index contributed by atoms with van der Waals surface area (Å²) in [7, 11) is 4.19. The fourth-order valence-corrected chi connectivity index (χ4v) is 5.28. The molecule has 0 saturated carbocycles. The average Bonchev–Trinajstić information content (AvgIpc) is 2.97. The second-order valence-corrected chi connectivity index (χ2v) is 11.1. The van der Waals surface area contributed by atoms with Crippen molar-refractivity contribution in [3.8, 4) is 0 Å². The molecule has 6 atom stereocenters. The molecule has 1 aliphatic heterocycles. The zero-order valence-corrected chi connectivity index (χ0v) is 26.9. The molecular weight excluding hydrogens is 586 g/mol. The number of methoxy groups -OCH3 is 3. The molecule has 1 heterocycles. The van der Waals surface area contributed by atoms with Crippen LogP contribution in [0, 0.1) is 11.8 Å². The number of nitrogens with two attached hydrogens (primary N) is 2. The highest BCUT2D eigenvalue weighted by molar-refractivity contribution is 6.23. The molecule has 0 fully saturated rings. The number of ether oxygens (including phenoxy) is 5. The van der Waals surface area contributed by atoms with Gasteiger partial charge >= 0.3 is 12.1 Å². The molecule has 0 saturated heterocycles. The van der Waals surface area contributed by atoms with E-state index in [9.17, 15) is 24.0 Å². The lowest BCUT2D eigenvalue weighted by molar-refractivity contribution is -0.160.